The number of thiazole rings is 1. The lowest BCUT2D eigenvalue weighted by atomic mass is 10.1. The van der Waals surface area contributed by atoms with Gasteiger partial charge in [0.25, 0.3) is 5.91 Å². The Morgan fingerprint density at radius 2 is 1.79 bits per heavy atom. The standard InChI is InChI=1S/C25H33N3O4S2/c1-6-8-13-27(5)34(30,31)21-11-9-20(10-12-21)24(29)26-25-28(14-15-32-7-2)22-16-18(3)19(4)17-23(22)33-25/h9-12,16-17H,6-8,13-15H2,1-5H3. The second-order valence-corrected chi connectivity index (χ2v) is 11.3. The number of fused-ring (bicyclic) bond motifs is 1. The molecule has 9 heteroatoms. The van der Waals surface area contributed by atoms with Gasteiger partial charge < -0.3 is 9.30 Å². The molecule has 34 heavy (non-hydrogen) atoms. The summed E-state index contributed by atoms with van der Waals surface area (Å²) in [6, 6.07) is 10.2. The van der Waals surface area contributed by atoms with Crippen molar-refractivity contribution in [1.29, 1.82) is 0 Å². The average molecular weight is 504 g/mol. The first-order valence-electron chi connectivity index (χ1n) is 11.5. The van der Waals surface area contributed by atoms with Crippen LogP contribution in [0, 0.1) is 13.8 Å². The highest BCUT2D eigenvalue weighted by Gasteiger charge is 2.20. The molecule has 2 aromatic carbocycles. The van der Waals surface area contributed by atoms with E-state index < -0.39 is 15.9 Å². The van der Waals surface area contributed by atoms with Gasteiger partial charge in [-0.1, -0.05) is 24.7 Å². The van der Waals surface area contributed by atoms with Crippen molar-refractivity contribution in [3.05, 3.63) is 57.9 Å². The normalized spacial score (nSPS) is 12.7. The second kappa shape index (κ2) is 11.4. The summed E-state index contributed by atoms with van der Waals surface area (Å²) in [6.45, 7) is 10.3. The van der Waals surface area contributed by atoms with Gasteiger partial charge in [-0.25, -0.2) is 12.7 Å². The molecule has 1 aromatic heterocycles. The van der Waals surface area contributed by atoms with Crippen LogP contribution in [0.5, 0.6) is 0 Å². The van der Waals surface area contributed by atoms with Crippen molar-refractivity contribution in [3.8, 4) is 0 Å². The van der Waals surface area contributed by atoms with Crippen molar-refractivity contribution in [2.75, 3.05) is 26.8 Å². The average Bonchev–Trinajstić information content (AvgIpc) is 3.13. The molecule has 1 heterocycles. The molecular formula is C25H33N3O4S2. The van der Waals surface area contributed by atoms with E-state index >= 15 is 0 Å². The van der Waals surface area contributed by atoms with E-state index in [1.165, 1.54) is 51.0 Å². The lowest BCUT2D eigenvalue weighted by Gasteiger charge is -2.16. The fourth-order valence-corrected chi connectivity index (χ4v) is 5.87. The molecule has 0 aliphatic rings. The largest absolute Gasteiger partial charge is 0.380 e. The number of aryl methyl sites for hydroxylation is 2. The quantitative estimate of drug-likeness (QED) is 0.381. The summed E-state index contributed by atoms with van der Waals surface area (Å²) in [6.07, 6.45) is 1.71. The van der Waals surface area contributed by atoms with Gasteiger partial charge >= 0.3 is 0 Å². The van der Waals surface area contributed by atoms with E-state index in [-0.39, 0.29) is 4.90 Å². The zero-order chi connectivity index (χ0) is 24.9. The van der Waals surface area contributed by atoms with Gasteiger partial charge in [-0.3, -0.25) is 4.79 Å². The summed E-state index contributed by atoms with van der Waals surface area (Å²) in [5.41, 5.74) is 3.73. The Labute approximate surface area is 205 Å². The summed E-state index contributed by atoms with van der Waals surface area (Å²) in [4.78, 5) is 18.1. The molecule has 7 nitrogen and oxygen atoms in total. The van der Waals surface area contributed by atoms with Gasteiger partial charge in [0.15, 0.2) is 4.80 Å². The monoisotopic (exact) mass is 503 g/mol. The van der Waals surface area contributed by atoms with Crippen LogP contribution in [-0.4, -0.2) is 50.0 Å². The Hall–Kier alpha value is -2.33. The zero-order valence-electron chi connectivity index (χ0n) is 20.5. The van der Waals surface area contributed by atoms with Crippen LogP contribution in [0.1, 0.15) is 48.2 Å². The third-order valence-electron chi connectivity index (χ3n) is 5.79. The molecule has 0 aliphatic heterocycles. The Bertz CT molecular complexity index is 1320. The van der Waals surface area contributed by atoms with E-state index in [0.717, 1.165) is 23.1 Å². The molecule has 3 aromatic rings. The molecule has 0 N–H and O–H groups in total. The van der Waals surface area contributed by atoms with Gasteiger partial charge in [0.05, 0.1) is 21.7 Å². The van der Waals surface area contributed by atoms with Crippen molar-refractivity contribution < 1.29 is 17.9 Å². The molecule has 0 radical (unpaired) electrons. The summed E-state index contributed by atoms with van der Waals surface area (Å²) < 4.78 is 35.4. The van der Waals surface area contributed by atoms with Crippen LogP contribution in [0.4, 0.5) is 0 Å². The first kappa shape index (κ1) is 26.3. The number of hydrogen-bond acceptors (Lipinski definition) is 5. The van der Waals surface area contributed by atoms with E-state index in [2.05, 4.69) is 31.0 Å². The zero-order valence-corrected chi connectivity index (χ0v) is 22.1. The minimum atomic E-state index is -3.58. The SMILES string of the molecule is CCCCN(C)S(=O)(=O)c1ccc(C(=O)N=c2sc3cc(C)c(C)cc3n2CCOCC)cc1. The predicted octanol–water partition coefficient (Wildman–Crippen LogP) is 4.52. The van der Waals surface area contributed by atoms with E-state index in [1.54, 1.807) is 7.05 Å². The summed E-state index contributed by atoms with van der Waals surface area (Å²) in [5, 5.41) is 0. The second-order valence-electron chi connectivity index (χ2n) is 8.26. The first-order valence-corrected chi connectivity index (χ1v) is 13.8. The maximum absolute atomic E-state index is 13.0. The fourth-order valence-electron chi connectivity index (χ4n) is 3.52. The molecule has 0 saturated heterocycles. The molecule has 0 fully saturated rings. The maximum Gasteiger partial charge on any atom is 0.279 e. The van der Waals surface area contributed by atoms with E-state index in [4.69, 9.17) is 4.74 Å². The maximum atomic E-state index is 13.0. The van der Waals surface area contributed by atoms with Crippen molar-refractivity contribution in [1.82, 2.24) is 8.87 Å². The number of rotatable bonds is 10. The highest BCUT2D eigenvalue weighted by atomic mass is 32.2. The van der Waals surface area contributed by atoms with Crippen LogP contribution in [0.25, 0.3) is 10.2 Å². The van der Waals surface area contributed by atoms with Crippen LogP contribution in [-0.2, 0) is 21.3 Å². The van der Waals surface area contributed by atoms with E-state index in [1.807, 2.05) is 18.4 Å². The summed E-state index contributed by atoms with van der Waals surface area (Å²) >= 11 is 1.46. The van der Waals surface area contributed by atoms with E-state index in [0.29, 0.717) is 36.7 Å². The van der Waals surface area contributed by atoms with Gasteiger partial charge in [0.2, 0.25) is 10.0 Å². The predicted molar refractivity (Wildman–Crippen MR) is 137 cm³/mol. The van der Waals surface area contributed by atoms with Crippen molar-refractivity contribution in [2.45, 2.75) is 52.0 Å². The Morgan fingerprint density at radius 1 is 1.12 bits per heavy atom. The Balaban J connectivity index is 1.94. The van der Waals surface area contributed by atoms with Gasteiger partial charge in [-0.05, 0) is 74.7 Å². The minimum Gasteiger partial charge on any atom is -0.380 e. The number of carbonyl (C=O) groups excluding carboxylic acids is 1. The van der Waals surface area contributed by atoms with Gasteiger partial charge in [-0.2, -0.15) is 4.99 Å². The van der Waals surface area contributed by atoms with Gasteiger partial charge in [0, 0.05) is 32.3 Å². The molecule has 0 atom stereocenters. The van der Waals surface area contributed by atoms with Crippen LogP contribution >= 0.6 is 11.3 Å². The molecule has 3 rings (SSSR count). The van der Waals surface area contributed by atoms with Gasteiger partial charge in [-0.15, -0.1) is 0 Å². The third kappa shape index (κ3) is 5.83. The van der Waals surface area contributed by atoms with E-state index in [9.17, 15) is 13.2 Å². The summed E-state index contributed by atoms with van der Waals surface area (Å²) in [7, 11) is -2.01. The lowest BCUT2D eigenvalue weighted by Crippen LogP contribution is -2.27. The molecule has 0 bridgehead atoms. The van der Waals surface area contributed by atoms with Crippen LogP contribution in [0.15, 0.2) is 46.3 Å². The molecule has 1 amide bonds. The number of aromatic nitrogens is 1. The first-order chi connectivity index (χ1) is 16.2. The number of unbranched alkanes of at least 4 members (excludes halogenated alkanes) is 1. The Morgan fingerprint density at radius 3 is 2.44 bits per heavy atom. The minimum absolute atomic E-state index is 0.169. The fraction of sp³-hybridized carbons (Fsp3) is 0.440. The topological polar surface area (TPSA) is 81.0 Å². The highest BCUT2D eigenvalue weighted by molar-refractivity contribution is 7.89. The highest BCUT2D eigenvalue weighted by Crippen LogP contribution is 2.22. The van der Waals surface area contributed by atoms with Crippen molar-refractivity contribution in [2.24, 2.45) is 4.99 Å². The number of hydrogen-bond donors (Lipinski definition) is 0. The third-order valence-corrected chi connectivity index (χ3v) is 8.71. The molecule has 0 unspecified atom stereocenters. The van der Waals surface area contributed by atoms with Crippen LogP contribution < -0.4 is 4.80 Å². The van der Waals surface area contributed by atoms with Gasteiger partial charge in [0.1, 0.15) is 0 Å². The number of ether oxygens (including phenoxy) is 1. The number of sulfonamides is 1. The Kier molecular flexibility index (Phi) is 8.81. The van der Waals surface area contributed by atoms with Crippen molar-refractivity contribution >= 4 is 37.5 Å². The number of benzene rings is 2. The summed E-state index contributed by atoms with van der Waals surface area (Å²) in [5.74, 6) is -0.409. The van der Waals surface area contributed by atoms with Crippen LogP contribution in [0.3, 0.4) is 0 Å². The number of carbonyl (C=O) groups is 1. The number of amides is 1. The smallest absolute Gasteiger partial charge is 0.279 e. The van der Waals surface area contributed by atoms with Crippen LogP contribution in [0.2, 0.25) is 0 Å². The molecule has 184 valence electrons. The molecule has 0 spiro atoms. The molecule has 0 saturated carbocycles. The molecular weight excluding hydrogens is 470 g/mol. The number of nitrogens with zero attached hydrogens (tertiary/aromatic N) is 3. The molecule has 0 aliphatic carbocycles. The van der Waals surface area contributed by atoms with Crippen molar-refractivity contribution in [3.63, 3.8) is 0 Å². The lowest BCUT2D eigenvalue weighted by molar-refractivity contribution is 0.0996.